The number of hydrogen-bond donors (Lipinski definition) is 0. The molecule has 0 bridgehead atoms. The Morgan fingerprint density at radius 2 is 1.20 bits per heavy atom. The van der Waals surface area contributed by atoms with Crippen LogP contribution in [0.25, 0.3) is 33.4 Å². The molecule has 0 nitrogen and oxygen atoms in total. The van der Waals surface area contributed by atoms with Crippen LogP contribution in [0.4, 0.5) is 0 Å². The van der Waals surface area contributed by atoms with Crippen molar-refractivity contribution < 1.29 is 48.0 Å². The Hall–Kier alpha value is -2.18. The maximum Gasteiger partial charge on any atom is -1.00 e. The van der Waals surface area contributed by atoms with Gasteiger partial charge in [-0.3, -0.25) is 0 Å². The molecule has 0 spiro atoms. The summed E-state index contributed by atoms with van der Waals surface area (Å²) in [5, 5.41) is 0. The molecule has 4 aromatic carbocycles. The summed E-state index contributed by atoms with van der Waals surface area (Å²) in [4.78, 5) is 0. The average molecular weight is 727 g/mol. The van der Waals surface area contributed by atoms with Gasteiger partial charge in [0.25, 0.3) is 0 Å². The van der Waals surface area contributed by atoms with Crippen molar-refractivity contribution in [3.05, 3.63) is 120 Å². The Bertz CT molecular complexity index is 1830. The van der Waals surface area contributed by atoms with Crippen molar-refractivity contribution >= 4 is 3.27 Å². The molecule has 3 heteroatoms. The van der Waals surface area contributed by atoms with Crippen molar-refractivity contribution in [3.63, 3.8) is 0 Å². The SMILES string of the molecule is Cc1cc(C)c(-c2ccc3c(c2)Cc2c-3ccc(-c3c(C)cc(C)cc3C)[c]2[Zr+2][C]2=CC(C(C)(C)C)=CC2C(C)C)c(C)c1.[Cl-].[Cl-]. The van der Waals surface area contributed by atoms with E-state index < -0.39 is 23.2 Å². The van der Waals surface area contributed by atoms with E-state index in [0.717, 1.165) is 6.42 Å². The van der Waals surface area contributed by atoms with Crippen molar-refractivity contribution in [2.75, 3.05) is 0 Å². The monoisotopic (exact) mass is 724 g/mol. The van der Waals surface area contributed by atoms with Crippen molar-refractivity contribution in [1.82, 2.24) is 0 Å². The summed E-state index contributed by atoms with van der Waals surface area (Å²) in [5.74, 6) is 1.17. The van der Waals surface area contributed by atoms with Gasteiger partial charge in [-0.2, -0.15) is 0 Å². The number of hydrogen-bond acceptors (Lipinski definition) is 0. The molecule has 0 aromatic heterocycles. The molecule has 0 amide bonds. The zero-order chi connectivity index (χ0) is 31.7. The van der Waals surface area contributed by atoms with Crippen LogP contribution < -0.4 is 28.1 Å². The topological polar surface area (TPSA) is 0 Å². The number of allylic oxidation sites excluding steroid dienone is 4. The summed E-state index contributed by atoms with van der Waals surface area (Å²) in [5.41, 5.74) is 21.7. The molecule has 2 aliphatic carbocycles. The molecular weight excluding hydrogens is 679 g/mol. The van der Waals surface area contributed by atoms with Crippen LogP contribution in [0.3, 0.4) is 0 Å². The molecule has 1 unspecified atom stereocenters. The Kier molecular flexibility index (Phi) is 11.0. The number of rotatable bonds is 5. The molecule has 0 saturated heterocycles. The van der Waals surface area contributed by atoms with E-state index in [1.807, 2.05) is 0 Å². The van der Waals surface area contributed by atoms with Crippen molar-refractivity contribution in [2.45, 2.75) is 82.6 Å². The number of fused-ring (bicyclic) bond motifs is 3. The van der Waals surface area contributed by atoms with Crippen molar-refractivity contribution in [1.29, 1.82) is 0 Å². The van der Waals surface area contributed by atoms with E-state index in [4.69, 9.17) is 0 Å². The molecule has 6 rings (SSSR count). The fraction of sp³-hybridized carbons (Fsp3) is 0.349. The van der Waals surface area contributed by atoms with Gasteiger partial charge >= 0.3 is 280 Å². The fourth-order valence-corrected chi connectivity index (χ4v) is 12.4. The van der Waals surface area contributed by atoms with Crippen LogP contribution in [0, 0.1) is 58.8 Å². The van der Waals surface area contributed by atoms with Crippen LogP contribution in [0.1, 0.15) is 79.1 Å². The minimum atomic E-state index is -1.12. The van der Waals surface area contributed by atoms with E-state index >= 15 is 0 Å². The van der Waals surface area contributed by atoms with Crippen LogP contribution in [-0.2, 0) is 29.7 Å². The largest absolute Gasteiger partial charge is 1.00 e. The van der Waals surface area contributed by atoms with Gasteiger partial charge < -0.3 is 24.8 Å². The van der Waals surface area contributed by atoms with E-state index in [1.54, 1.807) is 12.1 Å². The van der Waals surface area contributed by atoms with Crippen LogP contribution in [-0.4, -0.2) is 0 Å². The first-order chi connectivity index (χ1) is 20.7. The minimum Gasteiger partial charge on any atom is -1.00 e. The first kappa shape index (κ1) is 36.7. The van der Waals surface area contributed by atoms with Gasteiger partial charge in [0, 0.05) is 0 Å². The molecule has 1 atom stereocenters. The number of benzene rings is 4. The van der Waals surface area contributed by atoms with Gasteiger partial charge in [0.05, 0.1) is 0 Å². The molecule has 0 N–H and O–H groups in total. The fourth-order valence-electron chi connectivity index (χ4n) is 7.90. The maximum atomic E-state index is 2.62. The van der Waals surface area contributed by atoms with E-state index in [0.29, 0.717) is 11.8 Å². The third-order valence-corrected chi connectivity index (χ3v) is 13.8. The molecule has 0 radical (unpaired) electrons. The Balaban J connectivity index is 0.00000240. The summed E-state index contributed by atoms with van der Waals surface area (Å²) in [7, 11) is 0. The van der Waals surface area contributed by atoms with Gasteiger partial charge in [0.1, 0.15) is 0 Å². The van der Waals surface area contributed by atoms with Gasteiger partial charge in [-0.1, -0.05) is 0 Å². The van der Waals surface area contributed by atoms with Gasteiger partial charge in [0.15, 0.2) is 0 Å². The van der Waals surface area contributed by atoms with Gasteiger partial charge in [-0.25, -0.2) is 0 Å². The summed E-state index contributed by atoms with van der Waals surface area (Å²) >= 11 is -1.12. The molecule has 0 aliphatic heterocycles. The van der Waals surface area contributed by atoms with Gasteiger partial charge in [-0.05, 0) is 0 Å². The smallest absolute Gasteiger partial charge is 1.00 e. The van der Waals surface area contributed by atoms with Crippen molar-refractivity contribution in [2.24, 2.45) is 17.3 Å². The Morgan fingerprint density at radius 1 is 0.674 bits per heavy atom. The summed E-state index contributed by atoms with van der Waals surface area (Å²) in [6.07, 6.45) is 6.27. The normalized spacial score (nSPS) is 15.0. The van der Waals surface area contributed by atoms with Crippen LogP contribution in [0.15, 0.2) is 75.6 Å². The van der Waals surface area contributed by atoms with Crippen molar-refractivity contribution in [3.8, 4) is 33.4 Å². The first-order valence-corrected chi connectivity index (χ1v) is 18.8. The molecule has 0 saturated carbocycles. The van der Waals surface area contributed by atoms with Crippen LogP contribution in [0.5, 0.6) is 0 Å². The van der Waals surface area contributed by atoms with Gasteiger partial charge in [0.2, 0.25) is 0 Å². The average Bonchev–Trinajstić information content (AvgIpc) is 3.50. The maximum absolute atomic E-state index is 2.62. The first-order valence-electron chi connectivity index (χ1n) is 16.4. The Morgan fingerprint density at radius 3 is 1.74 bits per heavy atom. The minimum absolute atomic E-state index is 0. The van der Waals surface area contributed by atoms with Crippen LogP contribution in [0.2, 0.25) is 0 Å². The van der Waals surface area contributed by atoms with Crippen LogP contribution >= 0.6 is 0 Å². The molecule has 238 valence electrons. The predicted octanol–water partition coefficient (Wildman–Crippen LogP) is 5.30. The molecule has 4 aromatic rings. The van der Waals surface area contributed by atoms with E-state index in [1.165, 1.54) is 77.9 Å². The molecule has 46 heavy (non-hydrogen) atoms. The van der Waals surface area contributed by atoms with E-state index in [2.05, 4.69) is 143 Å². The molecule has 0 heterocycles. The summed E-state index contributed by atoms with van der Waals surface area (Å²) in [6.45, 7) is 25.5. The van der Waals surface area contributed by atoms with E-state index in [9.17, 15) is 0 Å². The number of aryl methyl sites for hydroxylation is 6. The molecular formula is C43H48Cl2Zr. The quantitative estimate of drug-likeness (QED) is 0.231. The second kappa shape index (κ2) is 13.7. The third kappa shape index (κ3) is 6.72. The molecule has 0 fully saturated rings. The van der Waals surface area contributed by atoms with E-state index in [-0.39, 0.29) is 30.2 Å². The second-order valence-electron chi connectivity index (χ2n) is 15.0. The third-order valence-electron chi connectivity index (χ3n) is 9.87. The zero-order valence-electron chi connectivity index (χ0n) is 29.5. The predicted molar refractivity (Wildman–Crippen MR) is 188 cm³/mol. The molecule has 2 aliphatic rings. The zero-order valence-corrected chi connectivity index (χ0v) is 33.4. The number of halogens is 2. The summed E-state index contributed by atoms with van der Waals surface area (Å²) in [6, 6.07) is 21.6. The van der Waals surface area contributed by atoms with Gasteiger partial charge in [-0.15, -0.1) is 0 Å². The summed E-state index contributed by atoms with van der Waals surface area (Å²) < 4.78 is 3.44. The standard InChI is InChI=1S/C31H29.C12H19.2ClH.Zr/c1-18-11-20(3)30(21(4)12-18)24-7-9-28-26(15-24)17-27-16-25(8-10-29(27)28)31-22(5)13-19(2)14-23(31)6;1-9(2)10-6-7-11(8-10)12(3,4)5;;;/h7-15H,17H2,1-6H3;7-10H,1-5H3;2*1H;/q;;;;+2/p-2. The second-order valence-corrected chi connectivity index (χ2v) is 18.2. The Labute approximate surface area is 302 Å².